The summed E-state index contributed by atoms with van der Waals surface area (Å²) in [5, 5.41) is 4.93. The third-order valence-corrected chi connectivity index (χ3v) is 5.95. The highest BCUT2D eigenvalue weighted by atomic mass is 35.5. The molecule has 6 heteroatoms. The van der Waals surface area contributed by atoms with E-state index in [1.807, 2.05) is 18.2 Å². The van der Waals surface area contributed by atoms with Gasteiger partial charge in [-0.05, 0) is 47.7 Å². The summed E-state index contributed by atoms with van der Waals surface area (Å²) in [4.78, 5) is 0. The van der Waals surface area contributed by atoms with Crippen LogP contribution in [0.2, 0.25) is 10.0 Å². The Hall–Kier alpha value is -2.04. The van der Waals surface area contributed by atoms with E-state index in [1.54, 1.807) is 27.4 Å². The topological polar surface area (TPSA) is 39.7 Å². The highest BCUT2D eigenvalue weighted by molar-refractivity contribution is 6.36. The summed E-state index contributed by atoms with van der Waals surface area (Å²) in [7, 11) is 4.86. The van der Waals surface area contributed by atoms with Crippen molar-refractivity contribution in [2.24, 2.45) is 5.92 Å². The first kappa shape index (κ1) is 18.3. The smallest absolute Gasteiger partial charge is 0.203 e. The Morgan fingerprint density at radius 1 is 0.963 bits per heavy atom. The first-order valence-corrected chi connectivity index (χ1v) is 9.55. The van der Waals surface area contributed by atoms with Gasteiger partial charge in [0.05, 0.1) is 38.1 Å². The minimum Gasteiger partial charge on any atom is -0.493 e. The van der Waals surface area contributed by atoms with E-state index in [-0.39, 0.29) is 12.0 Å². The predicted octanol–water partition coefficient (Wildman–Crippen LogP) is 5.85. The van der Waals surface area contributed by atoms with Crippen LogP contribution in [0, 0.1) is 5.92 Å². The van der Waals surface area contributed by atoms with Crippen LogP contribution in [0.15, 0.2) is 36.4 Å². The first-order valence-electron chi connectivity index (χ1n) is 8.79. The van der Waals surface area contributed by atoms with Gasteiger partial charge in [0.2, 0.25) is 5.75 Å². The highest BCUT2D eigenvalue weighted by Gasteiger charge is 2.39. The van der Waals surface area contributed by atoms with E-state index < -0.39 is 0 Å². The summed E-state index contributed by atoms with van der Waals surface area (Å²) in [6, 6.07) is 7.85. The van der Waals surface area contributed by atoms with Crippen LogP contribution in [0.1, 0.15) is 29.5 Å². The second-order valence-electron chi connectivity index (χ2n) is 6.79. The molecule has 1 aliphatic heterocycles. The van der Waals surface area contributed by atoms with Gasteiger partial charge >= 0.3 is 0 Å². The van der Waals surface area contributed by atoms with Gasteiger partial charge in [0, 0.05) is 10.9 Å². The van der Waals surface area contributed by atoms with Crippen LogP contribution in [-0.2, 0) is 0 Å². The van der Waals surface area contributed by atoms with Crippen molar-refractivity contribution in [3.63, 3.8) is 0 Å². The zero-order valence-electron chi connectivity index (χ0n) is 15.4. The average molecular weight is 406 g/mol. The van der Waals surface area contributed by atoms with Crippen molar-refractivity contribution in [3.8, 4) is 17.2 Å². The zero-order chi connectivity index (χ0) is 19.1. The molecule has 0 aromatic heterocycles. The Bertz CT molecular complexity index is 888. The number of hydrogen-bond donors (Lipinski definition) is 1. The quantitative estimate of drug-likeness (QED) is 0.647. The second-order valence-corrected chi connectivity index (χ2v) is 7.63. The highest BCUT2D eigenvalue weighted by Crippen LogP contribution is 2.53. The van der Waals surface area contributed by atoms with Crippen molar-refractivity contribution in [2.75, 3.05) is 26.6 Å². The number of hydrogen-bond acceptors (Lipinski definition) is 4. The number of benzene rings is 2. The van der Waals surface area contributed by atoms with Crippen LogP contribution in [0.5, 0.6) is 17.2 Å². The Morgan fingerprint density at radius 2 is 1.67 bits per heavy atom. The van der Waals surface area contributed by atoms with Crippen molar-refractivity contribution in [1.82, 2.24) is 0 Å². The Labute approximate surface area is 169 Å². The molecule has 4 rings (SSSR count). The Morgan fingerprint density at radius 3 is 2.30 bits per heavy atom. The van der Waals surface area contributed by atoms with Crippen molar-refractivity contribution < 1.29 is 14.2 Å². The van der Waals surface area contributed by atoms with Crippen molar-refractivity contribution >= 4 is 28.9 Å². The second kappa shape index (κ2) is 7.17. The van der Waals surface area contributed by atoms with Crippen LogP contribution >= 0.6 is 23.2 Å². The number of allylic oxidation sites excluding steroid dienone is 2. The van der Waals surface area contributed by atoms with E-state index in [9.17, 15) is 0 Å². The van der Waals surface area contributed by atoms with E-state index >= 15 is 0 Å². The SMILES string of the molecule is COc1cc([C@@H]2Nc3c(Cl)cc(Cl)cc3[C@H]3C=CC[C@@H]32)cc(OC)c1OC. The summed E-state index contributed by atoms with van der Waals surface area (Å²) < 4.78 is 16.5. The number of fused-ring (bicyclic) bond motifs is 3. The third kappa shape index (κ3) is 3.01. The van der Waals surface area contributed by atoms with Crippen molar-refractivity contribution in [3.05, 3.63) is 57.6 Å². The molecular weight excluding hydrogens is 385 g/mol. The molecule has 27 heavy (non-hydrogen) atoms. The number of anilines is 1. The monoisotopic (exact) mass is 405 g/mol. The molecule has 0 saturated heterocycles. The fourth-order valence-electron chi connectivity index (χ4n) is 4.23. The number of methoxy groups -OCH3 is 3. The number of nitrogens with one attached hydrogen (secondary N) is 1. The van der Waals surface area contributed by atoms with E-state index in [4.69, 9.17) is 37.4 Å². The summed E-state index contributed by atoms with van der Waals surface area (Å²) in [5.74, 6) is 2.50. The molecule has 0 radical (unpaired) electrons. The lowest BCUT2D eigenvalue weighted by atomic mass is 9.77. The summed E-state index contributed by atoms with van der Waals surface area (Å²) in [6.45, 7) is 0. The lowest BCUT2D eigenvalue weighted by molar-refractivity contribution is 0.322. The van der Waals surface area contributed by atoms with Gasteiger partial charge in [-0.25, -0.2) is 0 Å². The summed E-state index contributed by atoms with van der Waals surface area (Å²) in [6.07, 6.45) is 5.45. The molecule has 2 aliphatic rings. The first-order chi connectivity index (χ1) is 13.1. The van der Waals surface area contributed by atoms with Gasteiger partial charge in [0.15, 0.2) is 11.5 Å². The maximum atomic E-state index is 6.51. The van der Waals surface area contributed by atoms with E-state index in [1.165, 1.54) is 0 Å². The average Bonchev–Trinajstić information content (AvgIpc) is 3.16. The predicted molar refractivity (Wildman–Crippen MR) is 109 cm³/mol. The summed E-state index contributed by atoms with van der Waals surface area (Å²) >= 11 is 12.8. The molecule has 0 saturated carbocycles. The largest absolute Gasteiger partial charge is 0.493 e. The summed E-state index contributed by atoms with van der Waals surface area (Å²) in [5.41, 5.74) is 3.16. The van der Waals surface area contributed by atoms with Gasteiger partial charge in [-0.15, -0.1) is 0 Å². The molecule has 2 aromatic rings. The van der Waals surface area contributed by atoms with Gasteiger partial charge in [-0.1, -0.05) is 35.4 Å². The molecule has 142 valence electrons. The van der Waals surface area contributed by atoms with Gasteiger partial charge in [-0.3, -0.25) is 0 Å². The molecule has 1 N–H and O–H groups in total. The minimum atomic E-state index is 0.0601. The minimum absolute atomic E-state index is 0.0601. The van der Waals surface area contributed by atoms with Crippen LogP contribution in [0.4, 0.5) is 5.69 Å². The van der Waals surface area contributed by atoms with Gasteiger partial charge in [0.25, 0.3) is 0 Å². The molecule has 2 aromatic carbocycles. The van der Waals surface area contributed by atoms with E-state index in [0.29, 0.717) is 33.2 Å². The molecule has 0 fully saturated rings. The van der Waals surface area contributed by atoms with E-state index in [2.05, 4.69) is 17.5 Å². The lowest BCUT2D eigenvalue weighted by Gasteiger charge is -2.38. The molecular formula is C21H21Cl2NO3. The Kier molecular flexibility index (Phi) is 4.87. The maximum Gasteiger partial charge on any atom is 0.203 e. The van der Waals surface area contributed by atoms with Crippen LogP contribution in [-0.4, -0.2) is 21.3 Å². The third-order valence-electron chi connectivity index (χ3n) is 5.43. The lowest BCUT2D eigenvalue weighted by Crippen LogP contribution is -2.29. The molecule has 1 aliphatic carbocycles. The molecule has 0 unspecified atom stereocenters. The number of rotatable bonds is 4. The number of ether oxygens (including phenoxy) is 3. The Balaban J connectivity index is 1.83. The van der Waals surface area contributed by atoms with Crippen molar-refractivity contribution in [2.45, 2.75) is 18.4 Å². The molecule has 4 nitrogen and oxygen atoms in total. The van der Waals surface area contributed by atoms with Crippen molar-refractivity contribution in [1.29, 1.82) is 0 Å². The van der Waals surface area contributed by atoms with Gasteiger partial charge in [-0.2, -0.15) is 0 Å². The molecule has 0 spiro atoms. The fraction of sp³-hybridized carbons (Fsp3) is 0.333. The van der Waals surface area contributed by atoms with Crippen LogP contribution in [0.3, 0.4) is 0 Å². The molecule has 0 amide bonds. The van der Waals surface area contributed by atoms with Crippen LogP contribution in [0.25, 0.3) is 0 Å². The van der Waals surface area contributed by atoms with Crippen LogP contribution < -0.4 is 19.5 Å². The number of halogens is 2. The normalized spacial score (nSPS) is 22.6. The van der Waals surface area contributed by atoms with Gasteiger partial charge in [0.1, 0.15) is 0 Å². The maximum absolute atomic E-state index is 6.51. The van der Waals surface area contributed by atoms with E-state index in [0.717, 1.165) is 23.2 Å². The molecule has 0 bridgehead atoms. The molecule has 3 atom stereocenters. The molecule has 1 heterocycles. The van der Waals surface area contributed by atoms with Gasteiger partial charge < -0.3 is 19.5 Å². The standard InChI is InChI=1S/C21H21Cl2NO3/c1-25-17-7-11(8-18(26-2)21(17)27-3)19-14-6-4-5-13(14)15-9-12(22)10-16(23)20(15)24-19/h4-5,7-10,13-14,19,24H,6H2,1-3H3/t13-,14-,19-/m0/s1. The zero-order valence-corrected chi connectivity index (χ0v) is 16.9. The fourth-order valence-corrected chi connectivity index (χ4v) is 4.80.